The molecule has 1 heterocycles. The number of aliphatic hydroxyl groups is 1. The molecule has 1 saturated heterocycles. The first kappa shape index (κ1) is 16.2. The lowest BCUT2D eigenvalue weighted by atomic mass is 9.93. The monoisotopic (exact) mass is 270 g/mol. The molecule has 0 aromatic heterocycles. The molecule has 4 nitrogen and oxygen atoms in total. The van der Waals surface area contributed by atoms with Crippen LogP contribution in [0, 0.1) is 11.8 Å². The maximum atomic E-state index is 11.9. The molecule has 0 saturated carbocycles. The van der Waals surface area contributed by atoms with E-state index >= 15 is 0 Å². The molecule has 0 aromatic rings. The molecule has 0 aromatic carbocycles. The molecule has 1 aliphatic rings. The zero-order valence-electron chi connectivity index (χ0n) is 12.1. The van der Waals surface area contributed by atoms with Gasteiger partial charge in [0, 0.05) is 5.92 Å². The van der Waals surface area contributed by atoms with Crippen LogP contribution in [0.15, 0.2) is 0 Å². The molecule has 1 fully saturated rings. The number of ether oxygens (including phenoxy) is 1. The molecular weight excluding hydrogens is 244 g/mol. The van der Waals surface area contributed by atoms with Crippen LogP contribution in [0.1, 0.15) is 58.8 Å². The van der Waals surface area contributed by atoms with E-state index in [4.69, 9.17) is 4.74 Å². The first-order valence-electron chi connectivity index (χ1n) is 7.40. The van der Waals surface area contributed by atoms with Gasteiger partial charge in [-0.15, -0.1) is 0 Å². The van der Waals surface area contributed by atoms with Crippen molar-refractivity contribution in [1.29, 1.82) is 0 Å². The Labute approximate surface area is 115 Å². The van der Waals surface area contributed by atoms with Gasteiger partial charge in [-0.3, -0.25) is 9.59 Å². The van der Waals surface area contributed by atoms with E-state index in [9.17, 15) is 14.7 Å². The van der Waals surface area contributed by atoms with E-state index in [1.54, 1.807) is 0 Å². The van der Waals surface area contributed by atoms with Crippen molar-refractivity contribution in [2.24, 2.45) is 11.8 Å². The Balaban J connectivity index is 2.51. The van der Waals surface area contributed by atoms with Crippen molar-refractivity contribution in [3.8, 4) is 0 Å². The van der Waals surface area contributed by atoms with Crippen LogP contribution < -0.4 is 0 Å². The number of aliphatic hydroxyl groups excluding tert-OH is 1. The normalized spacial score (nSPS) is 32.5. The van der Waals surface area contributed by atoms with Crippen LogP contribution in [0.4, 0.5) is 0 Å². The van der Waals surface area contributed by atoms with E-state index in [0.717, 1.165) is 25.7 Å². The lowest BCUT2D eigenvalue weighted by Gasteiger charge is -2.17. The zero-order valence-corrected chi connectivity index (χ0v) is 12.1. The summed E-state index contributed by atoms with van der Waals surface area (Å²) >= 11 is 0. The number of carbonyl (C=O) groups is 2. The summed E-state index contributed by atoms with van der Waals surface area (Å²) in [6.07, 6.45) is 4.60. The lowest BCUT2D eigenvalue weighted by molar-refractivity contribution is -0.148. The van der Waals surface area contributed by atoms with Crippen molar-refractivity contribution in [1.82, 2.24) is 0 Å². The van der Waals surface area contributed by atoms with Crippen molar-refractivity contribution in [3.05, 3.63) is 0 Å². The molecule has 1 aliphatic heterocycles. The van der Waals surface area contributed by atoms with Crippen molar-refractivity contribution in [2.75, 3.05) is 6.61 Å². The summed E-state index contributed by atoms with van der Waals surface area (Å²) in [5.74, 6) is -0.409. The summed E-state index contributed by atoms with van der Waals surface area (Å²) in [6, 6.07) is 0. The highest BCUT2D eigenvalue weighted by atomic mass is 16.5. The minimum Gasteiger partial charge on any atom is -0.465 e. The van der Waals surface area contributed by atoms with Gasteiger partial charge >= 0.3 is 5.97 Å². The summed E-state index contributed by atoms with van der Waals surface area (Å²) in [6.45, 7) is 4.11. The highest BCUT2D eigenvalue weighted by Gasteiger charge is 2.22. The van der Waals surface area contributed by atoms with E-state index in [-0.39, 0.29) is 23.6 Å². The maximum Gasteiger partial charge on any atom is 0.308 e. The van der Waals surface area contributed by atoms with Crippen LogP contribution in [0.3, 0.4) is 0 Å². The number of esters is 1. The lowest BCUT2D eigenvalue weighted by Crippen LogP contribution is -2.27. The average Bonchev–Trinajstić information content (AvgIpc) is 2.40. The Bertz CT molecular complexity index is 301. The second kappa shape index (κ2) is 8.31. The summed E-state index contributed by atoms with van der Waals surface area (Å²) in [7, 11) is 0. The molecule has 4 heteroatoms. The molecular formula is C15H26O4. The highest BCUT2D eigenvalue weighted by Crippen LogP contribution is 2.17. The van der Waals surface area contributed by atoms with Crippen LogP contribution in [-0.2, 0) is 14.3 Å². The Morgan fingerprint density at radius 2 is 1.58 bits per heavy atom. The molecule has 0 amide bonds. The molecule has 3 atom stereocenters. The Morgan fingerprint density at radius 3 is 2.32 bits per heavy atom. The van der Waals surface area contributed by atoms with Gasteiger partial charge in [0.15, 0.2) is 5.78 Å². The number of rotatable bonds is 0. The van der Waals surface area contributed by atoms with E-state index in [0.29, 0.717) is 25.9 Å². The van der Waals surface area contributed by atoms with Gasteiger partial charge in [0.1, 0.15) is 6.10 Å². The molecule has 0 aliphatic carbocycles. The van der Waals surface area contributed by atoms with Crippen molar-refractivity contribution in [2.45, 2.75) is 64.9 Å². The fourth-order valence-corrected chi connectivity index (χ4v) is 2.40. The van der Waals surface area contributed by atoms with Gasteiger partial charge in [-0.05, 0) is 25.7 Å². The van der Waals surface area contributed by atoms with E-state index in [2.05, 4.69) is 0 Å². The van der Waals surface area contributed by atoms with Gasteiger partial charge in [-0.2, -0.15) is 0 Å². The van der Waals surface area contributed by atoms with Crippen molar-refractivity contribution in [3.63, 3.8) is 0 Å². The molecule has 0 radical (unpaired) electrons. The first-order valence-corrected chi connectivity index (χ1v) is 7.40. The SMILES string of the molecule is CC1CCCCCC(O)C(=O)C(C)CCCOC1=O. The minimum absolute atomic E-state index is 0.0491. The van der Waals surface area contributed by atoms with E-state index < -0.39 is 6.10 Å². The van der Waals surface area contributed by atoms with Crippen LogP contribution in [-0.4, -0.2) is 29.6 Å². The number of Topliss-reactive ketones (excluding diaryl/α,β-unsaturated/α-hetero) is 1. The number of carbonyl (C=O) groups excluding carboxylic acids is 2. The zero-order chi connectivity index (χ0) is 14.3. The molecule has 1 N–H and O–H groups in total. The van der Waals surface area contributed by atoms with Crippen molar-refractivity contribution >= 4 is 11.8 Å². The topological polar surface area (TPSA) is 63.6 Å². The smallest absolute Gasteiger partial charge is 0.308 e. The standard InChI is InChI=1S/C15H26O4/c1-11-8-6-10-19-15(18)12(2)7-4-3-5-9-13(16)14(11)17/h11-13,16H,3-10H2,1-2H3. The minimum atomic E-state index is -0.821. The van der Waals surface area contributed by atoms with Gasteiger partial charge in [0.2, 0.25) is 0 Å². The van der Waals surface area contributed by atoms with E-state index in [1.807, 2.05) is 13.8 Å². The summed E-state index contributed by atoms with van der Waals surface area (Å²) in [4.78, 5) is 23.5. The van der Waals surface area contributed by atoms with Crippen LogP contribution >= 0.6 is 0 Å². The second-order valence-electron chi connectivity index (χ2n) is 5.67. The predicted octanol–water partition coefficient (Wildman–Crippen LogP) is 2.48. The van der Waals surface area contributed by atoms with Crippen molar-refractivity contribution < 1.29 is 19.4 Å². The largest absolute Gasteiger partial charge is 0.465 e. The number of ketones is 1. The molecule has 110 valence electrons. The first-order chi connectivity index (χ1) is 9.02. The molecule has 0 bridgehead atoms. The average molecular weight is 270 g/mol. The Hall–Kier alpha value is -0.900. The number of hydrogen-bond donors (Lipinski definition) is 1. The van der Waals surface area contributed by atoms with Gasteiger partial charge in [-0.25, -0.2) is 0 Å². The van der Waals surface area contributed by atoms with Gasteiger partial charge in [-0.1, -0.05) is 33.1 Å². The number of hydrogen-bond acceptors (Lipinski definition) is 4. The van der Waals surface area contributed by atoms with Gasteiger partial charge < -0.3 is 9.84 Å². The van der Waals surface area contributed by atoms with Crippen LogP contribution in [0.25, 0.3) is 0 Å². The fraction of sp³-hybridized carbons (Fsp3) is 0.867. The molecule has 1 rings (SSSR count). The summed E-state index contributed by atoms with van der Waals surface area (Å²) < 4.78 is 5.20. The molecule has 3 unspecified atom stereocenters. The predicted molar refractivity (Wildman–Crippen MR) is 72.6 cm³/mol. The third kappa shape index (κ3) is 5.72. The number of cyclic esters (lactones) is 1. The fourth-order valence-electron chi connectivity index (χ4n) is 2.40. The van der Waals surface area contributed by atoms with Crippen LogP contribution in [0.5, 0.6) is 0 Å². The third-order valence-corrected chi connectivity index (χ3v) is 3.86. The van der Waals surface area contributed by atoms with Gasteiger partial charge in [0.05, 0.1) is 12.5 Å². The quantitative estimate of drug-likeness (QED) is 0.687. The summed E-state index contributed by atoms with van der Waals surface area (Å²) in [5, 5.41) is 9.82. The van der Waals surface area contributed by atoms with Gasteiger partial charge in [0.25, 0.3) is 0 Å². The second-order valence-corrected chi connectivity index (χ2v) is 5.67. The maximum absolute atomic E-state index is 11.9. The highest BCUT2D eigenvalue weighted by molar-refractivity contribution is 5.84. The molecule has 0 spiro atoms. The van der Waals surface area contributed by atoms with E-state index in [1.165, 1.54) is 0 Å². The van der Waals surface area contributed by atoms with Crippen LogP contribution in [0.2, 0.25) is 0 Å². The third-order valence-electron chi connectivity index (χ3n) is 3.86. The summed E-state index contributed by atoms with van der Waals surface area (Å²) in [5.41, 5.74) is 0. The molecule has 19 heavy (non-hydrogen) atoms. The Kier molecular flexibility index (Phi) is 7.06. The Morgan fingerprint density at radius 1 is 0.947 bits per heavy atom.